The van der Waals surface area contributed by atoms with Gasteiger partial charge in [-0.05, 0) is 17.5 Å². The van der Waals surface area contributed by atoms with Gasteiger partial charge in [0, 0.05) is 6.20 Å². The van der Waals surface area contributed by atoms with Gasteiger partial charge in [0.1, 0.15) is 12.6 Å². The van der Waals surface area contributed by atoms with Crippen molar-refractivity contribution in [2.75, 3.05) is 11.9 Å². The zero-order valence-corrected chi connectivity index (χ0v) is 17.9. The summed E-state index contributed by atoms with van der Waals surface area (Å²) < 4.78 is 10.1. The van der Waals surface area contributed by atoms with Crippen molar-refractivity contribution >= 4 is 47.0 Å². The average molecular weight is 454 g/mol. The molecule has 0 unspecified atom stereocenters. The summed E-state index contributed by atoms with van der Waals surface area (Å²) in [6, 6.07) is 9.53. The number of carbonyl (C=O) groups is 3. The van der Waals surface area contributed by atoms with E-state index in [1.165, 1.54) is 12.3 Å². The van der Waals surface area contributed by atoms with E-state index in [4.69, 9.17) is 32.7 Å². The maximum Gasteiger partial charge on any atom is 0.408 e. The first kappa shape index (κ1) is 23.4. The van der Waals surface area contributed by atoms with Crippen LogP contribution in [0.5, 0.6) is 0 Å². The first-order valence-corrected chi connectivity index (χ1v) is 9.76. The number of halogens is 2. The van der Waals surface area contributed by atoms with Gasteiger partial charge in [-0.15, -0.1) is 0 Å². The van der Waals surface area contributed by atoms with Crippen molar-refractivity contribution < 1.29 is 23.9 Å². The van der Waals surface area contributed by atoms with Gasteiger partial charge in [0.15, 0.2) is 12.4 Å². The lowest BCUT2D eigenvalue weighted by molar-refractivity contribution is -0.150. The second-order valence-corrected chi connectivity index (χ2v) is 7.41. The van der Waals surface area contributed by atoms with Gasteiger partial charge >= 0.3 is 12.1 Å². The largest absolute Gasteiger partial charge is 0.454 e. The first-order valence-electron chi connectivity index (χ1n) is 9.01. The number of pyridine rings is 1. The van der Waals surface area contributed by atoms with Crippen molar-refractivity contribution in [3.8, 4) is 0 Å². The molecule has 0 bridgehead atoms. The number of anilines is 1. The Kier molecular flexibility index (Phi) is 8.89. The van der Waals surface area contributed by atoms with Gasteiger partial charge in [-0.2, -0.15) is 0 Å². The Balaban J connectivity index is 1.83. The minimum atomic E-state index is -0.988. The number of alkyl carbamates (subject to hydrolysis) is 1. The summed E-state index contributed by atoms with van der Waals surface area (Å²) >= 11 is 11.7. The van der Waals surface area contributed by atoms with E-state index < -0.39 is 30.6 Å². The molecule has 160 valence electrons. The number of aromatic nitrogens is 1. The SMILES string of the molecule is CC(C)[C@H](NC(=O)OCc1ccccc1)C(=O)OCC(=O)Nc1ncc(Cl)cc1Cl. The summed E-state index contributed by atoms with van der Waals surface area (Å²) in [5.74, 6) is -1.62. The molecule has 2 rings (SSSR count). The molecule has 8 nitrogen and oxygen atoms in total. The quantitative estimate of drug-likeness (QED) is 0.588. The fourth-order valence-corrected chi connectivity index (χ4v) is 2.72. The van der Waals surface area contributed by atoms with Crippen molar-refractivity contribution in [3.05, 3.63) is 58.2 Å². The Morgan fingerprint density at radius 3 is 2.43 bits per heavy atom. The Morgan fingerprint density at radius 2 is 1.80 bits per heavy atom. The third kappa shape index (κ3) is 7.53. The number of benzene rings is 1. The van der Waals surface area contributed by atoms with E-state index in [1.807, 2.05) is 30.3 Å². The van der Waals surface area contributed by atoms with E-state index in [9.17, 15) is 14.4 Å². The summed E-state index contributed by atoms with van der Waals surface area (Å²) in [6.07, 6.45) is 0.547. The Hall–Kier alpha value is -2.84. The number of carbonyl (C=O) groups excluding carboxylic acids is 3. The summed E-state index contributed by atoms with van der Waals surface area (Å²) in [5, 5.41) is 5.33. The molecule has 30 heavy (non-hydrogen) atoms. The van der Waals surface area contributed by atoms with Gasteiger partial charge < -0.3 is 20.1 Å². The molecule has 0 saturated heterocycles. The van der Waals surface area contributed by atoms with Crippen LogP contribution in [0, 0.1) is 5.92 Å². The van der Waals surface area contributed by atoms with Gasteiger partial charge in [-0.25, -0.2) is 14.6 Å². The van der Waals surface area contributed by atoms with Gasteiger partial charge in [0.25, 0.3) is 5.91 Å². The highest BCUT2D eigenvalue weighted by Gasteiger charge is 2.27. The van der Waals surface area contributed by atoms with E-state index in [2.05, 4.69) is 15.6 Å². The van der Waals surface area contributed by atoms with Crippen LogP contribution in [0.4, 0.5) is 10.6 Å². The van der Waals surface area contributed by atoms with Crippen LogP contribution in [-0.4, -0.2) is 35.6 Å². The molecule has 0 aliphatic heterocycles. The van der Waals surface area contributed by atoms with Crippen LogP contribution >= 0.6 is 23.2 Å². The molecule has 0 saturated carbocycles. The monoisotopic (exact) mass is 453 g/mol. The smallest absolute Gasteiger partial charge is 0.408 e. The van der Waals surface area contributed by atoms with Crippen LogP contribution in [0.15, 0.2) is 42.6 Å². The second-order valence-electron chi connectivity index (χ2n) is 6.57. The predicted molar refractivity (Wildman–Crippen MR) is 112 cm³/mol. The van der Waals surface area contributed by atoms with Crippen molar-refractivity contribution in [1.82, 2.24) is 10.3 Å². The van der Waals surface area contributed by atoms with Crippen molar-refractivity contribution in [2.45, 2.75) is 26.5 Å². The van der Waals surface area contributed by atoms with Crippen molar-refractivity contribution in [2.24, 2.45) is 5.92 Å². The van der Waals surface area contributed by atoms with Crippen LogP contribution in [0.1, 0.15) is 19.4 Å². The van der Waals surface area contributed by atoms with E-state index >= 15 is 0 Å². The lowest BCUT2D eigenvalue weighted by atomic mass is 10.1. The molecule has 0 aliphatic rings. The van der Waals surface area contributed by atoms with Gasteiger partial charge in [0.05, 0.1) is 10.0 Å². The van der Waals surface area contributed by atoms with Crippen LogP contribution in [0.2, 0.25) is 10.0 Å². The Bertz CT molecular complexity index is 893. The third-order valence-corrected chi connectivity index (χ3v) is 4.31. The zero-order valence-electron chi connectivity index (χ0n) is 16.4. The standard InChI is InChI=1S/C20H21Cl2N3O5/c1-12(2)17(25-20(28)30-10-13-6-4-3-5-7-13)19(27)29-11-16(26)24-18-15(22)8-14(21)9-23-18/h3-9,12,17H,10-11H2,1-2H3,(H,25,28)(H,23,24,26)/t17-/m0/s1. The number of hydrogen-bond donors (Lipinski definition) is 2. The summed E-state index contributed by atoms with van der Waals surface area (Å²) in [6.45, 7) is 2.93. The number of rotatable bonds is 8. The third-order valence-electron chi connectivity index (χ3n) is 3.82. The van der Waals surface area contributed by atoms with E-state index in [-0.39, 0.29) is 23.4 Å². The second kappa shape index (κ2) is 11.4. The van der Waals surface area contributed by atoms with E-state index in [0.717, 1.165) is 5.56 Å². The van der Waals surface area contributed by atoms with Crippen LogP contribution < -0.4 is 10.6 Å². The molecule has 0 radical (unpaired) electrons. The molecule has 0 aliphatic carbocycles. The molecule has 2 aromatic rings. The maximum atomic E-state index is 12.3. The molecule has 10 heteroatoms. The fourth-order valence-electron chi connectivity index (χ4n) is 2.29. The number of ether oxygens (including phenoxy) is 2. The number of hydrogen-bond acceptors (Lipinski definition) is 6. The Morgan fingerprint density at radius 1 is 1.10 bits per heavy atom. The van der Waals surface area contributed by atoms with E-state index in [1.54, 1.807) is 13.8 Å². The minimum absolute atomic E-state index is 0.0593. The van der Waals surface area contributed by atoms with Crippen LogP contribution in [-0.2, 0) is 25.7 Å². The normalized spacial score (nSPS) is 11.5. The number of nitrogens with one attached hydrogen (secondary N) is 2. The first-order chi connectivity index (χ1) is 14.3. The molecule has 0 spiro atoms. The van der Waals surface area contributed by atoms with Gasteiger partial charge in [-0.1, -0.05) is 67.4 Å². The fraction of sp³-hybridized carbons (Fsp3) is 0.300. The van der Waals surface area contributed by atoms with Gasteiger partial charge in [-0.3, -0.25) is 4.79 Å². The minimum Gasteiger partial charge on any atom is -0.454 e. The molecule has 2 N–H and O–H groups in total. The molecular formula is C20H21Cl2N3O5. The highest BCUT2D eigenvalue weighted by atomic mass is 35.5. The average Bonchev–Trinajstić information content (AvgIpc) is 2.71. The number of esters is 1. The molecule has 0 fully saturated rings. The lowest BCUT2D eigenvalue weighted by Gasteiger charge is -2.20. The zero-order chi connectivity index (χ0) is 22.1. The van der Waals surface area contributed by atoms with Crippen LogP contribution in [0.25, 0.3) is 0 Å². The van der Waals surface area contributed by atoms with E-state index in [0.29, 0.717) is 5.02 Å². The highest BCUT2D eigenvalue weighted by molar-refractivity contribution is 6.36. The molecule has 1 heterocycles. The Labute approximate surface area is 183 Å². The summed E-state index contributed by atoms with van der Waals surface area (Å²) in [5.41, 5.74) is 0.808. The number of nitrogens with zero attached hydrogens (tertiary/aromatic N) is 1. The van der Waals surface area contributed by atoms with Gasteiger partial charge in [0.2, 0.25) is 0 Å². The molecule has 1 atom stereocenters. The molecule has 1 aromatic heterocycles. The number of amides is 2. The topological polar surface area (TPSA) is 107 Å². The highest BCUT2D eigenvalue weighted by Crippen LogP contribution is 2.22. The lowest BCUT2D eigenvalue weighted by Crippen LogP contribution is -2.46. The summed E-state index contributed by atoms with van der Waals surface area (Å²) in [7, 11) is 0. The predicted octanol–water partition coefficient (Wildman–Crippen LogP) is 3.82. The molecular weight excluding hydrogens is 433 g/mol. The molecule has 1 aromatic carbocycles. The van der Waals surface area contributed by atoms with Crippen LogP contribution in [0.3, 0.4) is 0 Å². The van der Waals surface area contributed by atoms with Crippen molar-refractivity contribution in [3.63, 3.8) is 0 Å². The van der Waals surface area contributed by atoms with Crippen molar-refractivity contribution in [1.29, 1.82) is 0 Å². The molecule has 2 amide bonds. The summed E-state index contributed by atoms with van der Waals surface area (Å²) in [4.78, 5) is 40.2. The maximum absolute atomic E-state index is 12.3.